The van der Waals surface area contributed by atoms with Gasteiger partial charge in [0, 0.05) is 12.6 Å². The van der Waals surface area contributed by atoms with Gasteiger partial charge in [0.1, 0.15) is 0 Å². The molecule has 2 rings (SSSR count). The highest BCUT2D eigenvalue weighted by atomic mass is 16.4. The van der Waals surface area contributed by atoms with Crippen LogP contribution in [0.15, 0.2) is 12.2 Å². The van der Waals surface area contributed by atoms with E-state index >= 15 is 0 Å². The Bertz CT molecular complexity index is 389. The van der Waals surface area contributed by atoms with Crippen LogP contribution in [0.3, 0.4) is 0 Å². The first-order valence-electron chi connectivity index (χ1n) is 6.69. The lowest BCUT2D eigenvalue weighted by atomic mass is 9.82. The Morgan fingerprint density at radius 3 is 2.28 bits per heavy atom. The molecular weight excluding hydrogens is 230 g/mol. The molecule has 2 unspecified atom stereocenters. The van der Waals surface area contributed by atoms with Gasteiger partial charge in [-0.1, -0.05) is 12.2 Å². The number of nitrogens with zero attached hydrogens (tertiary/aromatic N) is 1. The summed E-state index contributed by atoms with van der Waals surface area (Å²) in [7, 11) is 0. The van der Waals surface area contributed by atoms with Gasteiger partial charge in [-0.2, -0.15) is 0 Å². The van der Waals surface area contributed by atoms with Crippen molar-refractivity contribution in [3.63, 3.8) is 0 Å². The number of hydrogen-bond acceptors (Lipinski definition) is 2. The van der Waals surface area contributed by atoms with Crippen LogP contribution in [0.25, 0.3) is 0 Å². The van der Waals surface area contributed by atoms with Gasteiger partial charge in [-0.05, 0) is 39.0 Å². The number of carboxylic acids is 1. The lowest BCUT2D eigenvalue weighted by Gasteiger charge is -2.32. The van der Waals surface area contributed by atoms with Crippen molar-refractivity contribution >= 4 is 11.9 Å². The Balaban J connectivity index is 2.24. The number of carboxylic acid groups (broad SMARTS) is 1. The normalized spacial score (nSPS) is 33.1. The largest absolute Gasteiger partial charge is 0.481 e. The van der Waals surface area contributed by atoms with Crippen LogP contribution in [0.1, 0.15) is 27.2 Å². The molecule has 0 aromatic heterocycles. The second-order valence-corrected chi connectivity index (χ2v) is 5.56. The maximum atomic E-state index is 12.6. The molecule has 2 aliphatic rings. The molecule has 0 heterocycles. The second-order valence-electron chi connectivity index (χ2n) is 5.56. The fraction of sp³-hybridized carbons (Fsp3) is 0.714. The Labute approximate surface area is 108 Å². The maximum Gasteiger partial charge on any atom is 0.307 e. The first-order chi connectivity index (χ1) is 8.47. The van der Waals surface area contributed by atoms with Gasteiger partial charge >= 0.3 is 5.97 Å². The van der Waals surface area contributed by atoms with E-state index in [1.807, 2.05) is 32.9 Å². The number of amides is 1. The van der Waals surface area contributed by atoms with Crippen molar-refractivity contribution in [2.24, 2.45) is 23.7 Å². The second kappa shape index (κ2) is 4.75. The Kier molecular flexibility index (Phi) is 3.46. The summed E-state index contributed by atoms with van der Waals surface area (Å²) >= 11 is 0. The lowest BCUT2D eigenvalue weighted by Crippen LogP contribution is -2.45. The van der Waals surface area contributed by atoms with Crippen molar-refractivity contribution in [2.75, 3.05) is 6.54 Å². The molecule has 0 saturated heterocycles. The highest BCUT2D eigenvalue weighted by molar-refractivity contribution is 5.87. The number of carbonyl (C=O) groups is 2. The van der Waals surface area contributed by atoms with Crippen LogP contribution in [-0.2, 0) is 9.59 Å². The van der Waals surface area contributed by atoms with Crippen molar-refractivity contribution < 1.29 is 14.7 Å². The summed E-state index contributed by atoms with van der Waals surface area (Å²) in [4.78, 5) is 25.7. The number of allylic oxidation sites excluding steroid dienone is 2. The average Bonchev–Trinajstić information content (AvgIpc) is 2.88. The zero-order valence-electron chi connectivity index (χ0n) is 11.2. The monoisotopic (exact) mass is 251 g/mol. The van der Waals surface area contributed by atoms with E-state index in [4.69, 9.17) is 0 Å². The fourth-order valence-corrected chi connectivity index (χ4v) is 3.46. The number of fused-ring (bicyclic) bond motifs is 2. The molecule has 2 aliphatic carbocycles. The van der Waals surface area contributed by atoms with Crippen LogP contribution in [0, 0.1) is 23.7 Å². The van der Waals surface area contributed by atoms with Gasteiger partial charge < -0.3 is 10.0 Å². The van der Waals surface area contributed by atoms with Crippen molar-refractivity contribution in [3.8, 4) is 0 Å². The molecule has 1 N–H and O–H groups in total. The summed E-state index contributed by atoms with van der Waals surface area (Å²) in [5.74, 6) is -1.54. The van der Waals surface area contributed by atoms with Gasteiger partial charge in [-0.3, -0.25) is 9.59 Å². The third-order valence-corrected chi connectivity index (χ3v) is 4.28. The molecule has 1 saturated carbocycles. The predicted octanol–water partition coefficient (Wildman–Crippen LogP) is 1.77. The van der Waals surface area contributed by atoms with E-state index in [0.29, 0.717) is 6.54 Å². The van der Waals surface area contributed by atoms with Gasteiger partial charge in [-0.25, -0.2) is 0 Å². The molecule has 0 aromatic carbocycles. The fourth-order valence-electron chi connectivity index (χ4n) is 3.46. The molecule has 4 heteroatoms. The minimum absolute atomic E-state index is 0.0109. The van der Waals surface area contributed by atoms with E-state index < -0.39 is 11.9 Å². The molecule has 1 amide bonds. The highest BCUT2D eigenvalue weighted by Crippen LogP contribution is 2.48. The molecule has 0 aliphatic heterocycles. The zero-order valence-corrected chi connectivity index (χ0v) is 11.2. The van der Waals surface area contributed by atoms with Crippen molar-refractivity contribution in [3.05, 3.63) is 12.2 Å². The smallest absolute Gasteiger partial charge is 0.307 e. The molecule has 100 valence electrons. The molecule has 0 aromatic rings. The summed E-state index contributed by atoms with van der Waals surface area (Å²) in [5, 5.41) is 9.34. The molecular formula is C14H21NO3. The molecule has 4 nitrogen and oxygen atoms in total. The minimum atomic E-state index is -0.829. The van der Waals surface area contributed by atoms with Crippen LogP contribution in [-0.4, -0.2) is 34.5 Å². The zero-order chi connectivity index (χ0) is 13.4. The summed E-state index contributed by atoms with van der Waals surface area (Å²) in [6.07, 6.45) is 4.82. The van der Waals surface area contributed by atoms with Crippen LogP contribution < -0.4 is 0 Å². The summed E-state index contributed by atoms with van der Waals surface area (Å²) in [6.45, 7) is 6.53. The molecule has 18 heavy (non-hydrogen) atoms. The van der Waals surface area contributed by atoms with E-state index in [1.54, 1.807) is 4.90 Å². The van der Waals surface area contributed by atoms with Gasteiger partial charge in [0.25, 0.3) is 0 Å². The Morgan fingerprint density at radius 1 is 1.28 bits per heavy atom. The van der Waals surface area contributed by atoms with Gasteiger partial charge in [0.2, 0.25) is 5.91 Å². The van der Waals surface area contributed by atoms with E-state index in [0.717, 1.165) is 6.42 Å². The van der Waals surface area contributed by atoms with Gasteiger partial charge in [-0.15, -0.1) is 0 Å². The molecule has 0 radical (unpaired) electrons. The maximum absolute atomic E-state index is 12.6. The number of aliphatic carboxylic acids is 1. The third kappa shape index (κ3) is 1.93. The standard InChI is InChI=1S/C14H21NO3/c1-4-15(8(2)3)13(16)11-9-5-6-10(7-9)12(11)14(17)18/h5-6,8-12H,4,7H2,1-3H3,(H,17,18)/t9?,10?,11-,12+/m0/s1. The van der Waals surface area contributed by atoms with Crippen molar-refractivity contribution in [2.45, 2.75) is 33.2 Å². The topological polar surface area (TPSA) is 57.6 Å². The first kappa shape index (κ1) is 13.1. The number of carbonyl (C=O) groups excluding carboxylic acids is 1. The van der Waals surface area contributed by atoms with Crippen LogP contribution >= 0.6 is 0 Å². The quantitative estimate of drug-likeness (QED) is 0.775. The lowest BCUT2D eigenvalue weighted by molar-refractivity contribution is -0.151. The van der Waals surface area contributed by atoms with E-state index in [-0.39, 0.29) is 29.7 Å². The van der Waals surface area contributed by atoms with Gasteiger partial charge in [0.05, 0.1) is 11.8 Å². The van der Waals surface area contributed by atoms with Crippen molar-refractivity contribution in [1.82, 2.24) is 4.90 Å². The predicted molar refractivity (Wildman–Crippen MR) is 67.9 cm³/mol. The highest BCUT2D eigenvalue weighted by Gasteiger charge is 2.52. The molecule has 2 bridgehead atoms. The van der Waals surface area contributed by atoms with Crippen LogP contribution in [0.4, 0.5) is 0 Å². The Morgan fingerprint density at radius 2 is 1.83 bits per heavy atom. The van der Waals surface area contributed by atoms with E-state index in [1.165, 1.54) is 0 Å². The van der Waals surface area contributed by atoms with Crippen LogP contribution in [0.2, 0.25) is 0 Å². The SMILES string of the molecule is CCN(C(=O)[C@H]1C2C=CC(C2)[C@H]1C(=O)O)C(C)C. The average molecular weight is 251 g/mol. The van der Waals surface area contributed by atoms with Crippen LogP contribution in [0.5, 0.6) is 0 Å². The molecule has 1 fully saturated rings. The van der Waals surface area contributed by atoms with Crippen molar-refractivity contribution in [1.29, 1.82) is 0 Å². The third-order valence-electron chi connectivity index (χ3n) is 4.28. The van der Waals surface area contributed by atoms with E-state index in [2.05, 4.69) is 0 Å². The summed E-state index contributed by atoms with van der Waals surface area (Å²) < 4.78 is 0. The summed E-state index contributed by atoms with van der Waals surface area (Å²) in [6, 6.07) is 0.125. The first-order valence-corrected chi connectivity index (χ1v) is 6.69. The number of hydrogen-bond donors (Lipinski definition) is 1. The van der Waals surface area contributed by atoms with E-state index in [9.17, 15) is 14.7 Å². The minimum Gasteiger partial charge on any atom is -0.481 e. The molecule has 4 atom stereocenters. The summed E-state index contributed by atoms with van der Waals surface area (Å²) in [5.41, 5.74) is 0. The number of rotatable bonds is 4. The molecule has 0 spiro atoms. The Hall–Kier alpha value is -1.32. The van der Waals surface area contributed by atoms with Gasteiger partial charge in [0.15, 0.2) is 0 Å².